The second-order valence-electron chi connectivity index (χ2n) is 9.57. The fraction of sp³-hybridized carbons (Fsp3) is 0.121. The molecule has 0 saturated heterocycles. The van der Waals surface area contributed by atoms with Crippen LogP contribution in [0.1, 0.15) is 45.5 Å². The van der Waals surface area contributed by atoms with Crippen LogP contribution in [0.5, 0.6) is 0 Å². The van der Waals surface area contributed by atoms with E-state index >= 15 is 0 Å². The van der Waals surface area contributed by atoms with Gasteiger partial charge in [0.25, 0.3) is 0 Å². The number of benzene rings is 4. The summed E-state index contributed by atoms with van der Waals surface area (Å²) in [5.74, 6) is -0.851. The van der Waals surface area contributed by atoms with E-state index in [1.807, 2.05) is 48.5 Å². The van der Waals surface area contributed by atoms with Gasteiger partial charge in [-0.25, -0.2) is 4.68 Å². The van der Waals surface area contributed by atoms with Crippen LogP contribution in [-0.2, 0) is 24.3 Å². The average molecular weight is 541 g/mol. The smallest absolute Gasteiger partial charge is 0.303 e. The molecule has 0 spiro atoms. The molecule has 0 bridgehead atoms. The van der Waals surface area contributed by atoms with E-state index in [0.717, 1.165) is 44.5 Å². The summed E-state index contributed by atoms with van der Waals surface area (Å²) < 4.78 is 1.73. The van der Waals surface area contributed by atoms with Crippen LogP contribution in [0.15, 0.2) is 121 Å². The van der Waals surface area contributed by atoms with Gasteiger partial charge in [0.15, 0.2) is 0 Å². The van der Waals surface area contributed by atoms with Gasteiger partial charge in [-0.2, -0.15) is 0 Å². The Morgan fingerprint density at radius 3 is 1.78 bits per heavy atom. The van der Waals surface area contributed by atoms with Gasteiger partial charge in [-0.05, 0) is 50.1 Å². The second-order valence-corrected chi connectivity index (χ2v) is 9.57. The minimum atomic E-state index is -0.851. The number of hydrogen-bond acceptors (Lipinski definition) is 4. The van der Waals surface area contributed by atoms with Crippen molar-refractivity contribution in [2.75, 3.05) is 0 Å². The highest BCUT2D eigenvalue weighted by Crippen LogP contribution is 2.37. The Bertz CT molecular complexity index is 1690. The van der Waals surface area contributed by atoms with Crippen molar-refractivity contribution in [1.29, 1.82) is 0 Å². The quantitative estimate of drug-likeness (QED) is 0.0827. The zero-order valence-corrected chi connectivity index (χ0v) is 22.3. The van der Waals surface area contributed by atoms with E-state index in [1.165, 1.54) is 0 Å². The Labute approximate surface area is 237 Å². The Balaban J connectivity index is 1.55. The molecule has 202 valence electrons. The first kappa shape index (κ1) is 27.1. The van der Waals surface area contributed by atoms with Gasteiger partial charge < -0.3 is 5.11 Å². The van der Waals surface area contributed by atoms with Gasteiger partial charge in [0.2, 0.25) is 0 Å². The van der Waals surface area contributed by atoms with Crippen LogP contribution in [-0.4, -0.2) is 26.1 Å². The van der Waals surface area contributed by atoms with Crippen molar-refractivity contribution in [3.05, 3.63) is 165 Å². The van der Waals surface area contributed by atoms with E-state index in [1.54, 1.807) is 10.9 Å². The van der Waals surface area contributed by atoms with E-state index in [4.69, 9.17) is 10.6 Å². The fourth-order valence-electron chi connectivity index (χ4n) is 4.74. The number of aliphatic carboxylic acids is 1. The van der Waals surface area contributed by atoms with Crippen molar-refractivity contribution in [2.45, 2.75) is 25.9 Å². The van der Waals surface area contributed by atoms with Gasteiger partial charge in [-0.3, -0.25) is 4.79 Å². The van der Waals surface area contributed by atoms with E-state index in [-0.39, 0.29) is 6.42 Å². The molecular formula is C33H28N6O2. The monoisotopic (exact) mass is 540 g/mol. The molecule has 0 aliphatic heterocycles. The summed E-state index contributed by atoms with van der Waals surface area (Å²) in [5.41, 5.74) is 17.9. The molecule has 0 saturated carbocycles. The summed E-state index contributed by atoms with van der Waals surface area (Å²) in [5, 5.41) is 20.9. The summed E-state index contributed by atoms with van der Waals surface area (Å²) in [6.45, 7) is 0.837. The Morgan fingerprint density at radius 1 is 0.756 bits per heavy atom. The molecule has 0 aliphatic carbocycles. The third-order valence-corrected chi connectivity index (χ3v) is 6.70. The molecular weight excluding hydrogens is 512 g/mol. The van der Waals surface area contributed by atoms with Crippen LogP contribution >= 0.6 is 0 Å². The Morgan fingerprint density at radius 2 is 1.27 bits per heavy atom. The largest absolute Gasteiger partial charge is 0.481 e. The molecule has 1 heterocycles. The molecule has 5 rings (SSSR count). The van der Waals surface area contributed by atoms with Crippen molar-refractivity contribution in [3.8, 4) is 0 Å². The number of azide groups is 1. The first-order valence-electron chi connectivity index (χ1n) is 13.3. The minimum absolute atomic E-state index is 0.0300. The number of carboxylic acids is 1. The lowest BCUT2D eigenvalue weighted by atomic mass is 9.85. The van der Waals surface area contributed by atoms with Crippen LogP contribution < -0.4 is 0 Å². The average Bonchev–Trinajstić information content (AvgIpc) is 3.47. The molecule has 0 unspecified atom stereocenters. The van der Waals surface area contributed by atoms with Gasteiger partial charge in [0.05, 0.1) is 25.2 Å². The predicted octanol–water partition coefficient (Wildman–Crippen LogP) is 7.16. The normalized spacial score (nSPS) is 11.4. The van der Waals surface area contributed by atoms with E-state index in [2.05, 4.69) is 81.0 Å². The Kier molecular flexibility index (Phi) is 8.64. The highest BCUT2D eigenvalue weighted by molar-refractivity contribution is 6.04. The highest BCUT2D eigenvalue weighted by Gasteiger charge is 2.16. The zero-order chi connectivity index (χ0) is 28.4. The van der Waals surface area contributed by atoms with Crippen LogP contribution in [0.2, 0.25) is 0 Å². The minimum Gasteiger partial charge on any atom is -0.481 e. The van der Waals surface area contributed by atoms with E-state index in [9.17, 15) is 4.79 Å². The summed E-state index contributed by atoms with van der Waals surface area (Å²) in [4.78, 5) is 13.7. The third kappa shape index (κ3) is 6.95. The lowest BCUT2D eigenvalue weighted by Crippen LogP contribution is -2.01. The molecule has 0 radical (unpaired) electrons. The number of aromatic nitrogens is 3. The van der Waals surface area contributed by atoms with Crippen molar-refractivity contribution in [2.24, 2.45) is 5.11 Å². The molecule has 0 aliphatic rings. The summed E-state index contributed by atoms with van der Waals surface area (Å²) >= 11 is 0. The molecule has 1 aromatic heterocycles. The maximum atomic E-state index is 10.9. The molecule has 41 heavy (non-hydrogen) atoms. The van der Waals surface area contributed by atoms with Crippen molar-refractivity contribution in [3.63, 3.8) is 0 Å². The van der Waals surface area contributed by atoms with Crippen LogP contribution in [0, 0.1) is 0 Å². The molecule has 0 atom stereocenters. The molecule has 0 amide bonds. The fourth-order valence-corrected chi connectivity index (χ4v) is 4.74. The van der Waals surface area contributed by atoms with Gasteiger partial charge in [-0.1, -0.05) is 120 Å². The maximum absolute atomic E-state index is 10.9. The SMILES string of the molecule is [N-]=[N+]=NCc1ccc(/C(=C(\c2ccccc2)c2ccc(Cn3cc(CCC(=O)O)nn3)cc2)c2ccccc2)cc1. The van der Waals surface area contributed by atoms with E-state index < -0.39 is 5.97 Å². The molecule has 4 aromatic carbocycles. The van der Waals surface area contributed by atoms with Crippen molar-refractivity contribution in [1.82, 2.24) is 15.0 Å². The lowest BCUT2D eigenvalue weighted by molar-refractivity contribution is -0.136. The second kappa shape index (κ2) is 13.1. The van der Waals surface area contributed by atoms with Gasteiger partial charge in [0, 0.05) is 17.5 Å². The Hall–Kier alpha value is -5.46. The van der Waals surface area contributed by atoms with Crippen LogP contribution in [0.3, 0.4) is 0 Å². The standard InChI is InChI=1S/C33H28N6O2/c34-37-35-21-24-11-15-28(16-12-24)32(26-7-3-1-4-8-26)33(27-9-5-2-6-10-27)29-17-13-25(14-18-29)22-39-23-30(36-38-39)19-20-31(40)41/h1-18,23H,19-22H2,(H,40,41)/b33-32+. The molecule has 0 fully saturated rings. The summed E-state index contributed by atoms with van der Waals surface area (Å²) in [6, 6.07) is 37.3. The summed E-state index contributed by atoms with van der Waals surface area (Å²) in [6.07, 6.45) is 2.18. The predicted molar refractivity (Wildman–Crippen MR) is 159 cm³/mol. The summed E-state index contributed by atoms with van der Waals surface area (Å²) in [7, 11) is 0. The molecule has 8 heteroatoms. The van der Waals surface area contributed by atoms with Crippen LogP contribution in [0.25, 0.3) is 21.6 Å². The lowest BCUT2D eigenvalue weighted by Gasteiger charge is -2.18. The zero-order valence-electron chi connectivity index (χ0n) is 22.3. The number of nitrogens with zero attached hydrogens (tertiary/aromatic N) is 6. The highest BCUT2D eigenvalue weighted by atomic mass is 16.4. The number of aryl methyl sites for hydroxylation is 1. The first-order chi connectivity index (χ1) is 20.1. The molecule has 8 nitrogen and oxygen atoms in total. The van der Waals surface area contributed by atoms with Gasteiger partial charge in [-0.15, -0.1) is 5.10 Å². The van der Waals surface area contributed by atoms with Gasteiger partial charge >= 0.3 is 5.97 Å². The maximum Gasteiger partial charge on any atom is 0.303 e. The van der Waals surface area contributed by atoms with Crippen LogP contribution in [0.4, 0.5) is 0 Å². The molecule has 5 aromatic rings. The number of rotatable bonds is 11. The van der Waals surface area contributed by atoms with Crippen molar-refractivity contribution >= 4 is 17.1 Å². The number of carbonyl (C=O) groups is 1. The van der Waals surface area contributed by atoms with E-state index in [0.29, 0.717) is 25.2 Å². The van der Waals surface area contributed by atoms with Gasteiger partial charge in [0.1, 0.15) is 0 Å². The number of hydrogen-bond donors (Lipinski definition) is 1. The first-order valence-corrected chi connectivity index (χ1v) is 13.3. The number of carboxylic acid groups (broad SMARTS) is 1. The third-order valence-electron chi connectivity index (χ3n) is 6.70. The van der Waals surface area contributed by atoms with Crippen molar-refractivity contribution < 1.29 is 9.90 Å². The molecule has 1 N–H and O–H groups in total. The topological polar surface area (TPSA) is 117 Å².